The van der Waals surface area contributed by atoms with Crippen LogP contribution in [-0.4, -0.2) is 15.8 Å². The summed E-state index contributed by atoms with van der Waals surface area (Å²) in [4.78, 5) is 11.6. The molecule has 14 heavy (non-hydrogen) atoms. The standard InChI is InChI=1S/C10H12N2O2/c1-7(8(2)13)12-5-3-4-9(6-11)10(12)14/h3-5,7-8,13H,1-2H3. The highest BCUT2D eigenvalue weighted by Gasteiger charge is 2.13. The van der Waals surface area contributed by atoms with Gasteiger partial charge in [0.2, 0.25) is 0 Å². The van der Waals surface area contributed by atoms with Crippen LogP contribution in [0.15, 0.2) is 23.1 Å². The van der Waals surface area contributed by atoms with Crippen molar-refractivity contribution in [3.63, 3.8) is 0 Å². The van der Waals surface area contributed by atoms with Gasteiger partial charge >= 0.3 is 0 Å². The van der Waals surface area contributed by atoms with E-state index in [0.717, 1.165) is 0 Å². The average molecular weight is 192 g/mol. The van der Waals surface area contributed by atoms with E-state index in [9.17, 15) is 9.90 Å². The molecule has 0 fully saturated rings. The first-order valence-electron chi connectivity index (χ1n) is 4.37. The molecule has 4 nitrogen and oxygen atoms in total. The fraction of sp³-hybridized carbons (Fsp3) is 0.400. The van der Waals surface area contributed by atoms with Crippen molar-refractivity contribution in [2.75, 3.05) is 0 Å². The first-order valence-corrected chi connectivity index (χ1v) is 4.37. The number of aliphatic hydroxyl groups is 1. The van der Waals surface area contributed by atoms with Crippen LogP contribution in [0.5, 0.6) is 0 Å². The van der Waals surface area contributed by atoms with Gasteiger partial charge in [0.05, 0.1) is 12.1 Å². The minimum atomic E-state index is -0.623. The van der Waals surface area contributed by atoms with Crippen molar-refractivity contribution < 1.29 is 5.11 Å². The number of aromatic nitrogens is 1. The first kappa shape index (κ1) is 10.5. The van der Waals surface area contributed by atoms with Gasteiger partial charge in [0.15, 0.2) is 0 Å². The van der Waals surface area contributed by atoms with Gasteiger partial charge in [-0.3, -0.25) is 4.79 Å². The highest BCUT2D eigenvalue weighted by molar-refractivity contribution is 5.25. The van der Waals surface area contributed by atoms with Crippen molar-refractivity contribution in [3.8, 4) is 6.07 Å². The molecule has 0 spiro atoms. The molecule has 2 atom stereocenters. The Morgan fingerprint density at radius 1 is 1.57 bits per heavy atom. The van der Waals surface area contributed by atoms with Crippen LogP contribution in [-0.2, 0) is 0 Å². The van der Waals surface area contributed by atoms with Crippen LogP contribution in [0.1, 0.15) is 25.5 Å². The van der Waals surface area contributed by atoms with Crippen molar-refractivity contribution in [1.82, 2.24) is 4.57 Å². The Kier molecular flexibility index (Phi) is 3.05. The van der Waals surface area contributed by atoms with Crippen molar-refractivity contribution in [3.05, 3.63) is 34.2 Å². The van der Waals surface area contributed by atoms with Gasteiger partial charge in [-0.05, 0) is 26.0 Å². The number of nitrogens with zero attached hydrogens (tertiary/aromatic N) is 2. The summed E-state index contributed by atoms with van der Waals surface area (Å²) >= 11 is 0. The smallest absolute Gasteiger partial charge is 0.268 e. The molecule has 1 aromatic rings. The normalized spacial score (nSPS) is 14.4. The molecule has 1 rings (SSSR count). The molecule has 0 saturated heterocycles. The molecule has 1 aromatic heterocycles. The summed E-state index contributed by atoms with van der Waals surface area (Å²) < 4.78 is 1.36. The van der Waals surface area contributed by atoms with Crippen molar-refractivity contribution >= 4 is 0 Å². The molecule has 0 bridgehead atoms. The Hall–Kier alpha value is -1.60. The number of aliphatic hydroxyl groups excluding tert-OH is 1. The Morgan fingerprint density at radius 3 is 2.71 bits per heavy atom. The number of rotatable bonds is 2. The van der Waals surface area contributed by atoms with Gasteiger partial charge in [0.1, 0.15) is 11.6 Å². The van der Waals surface area contributed by atoms with E-state index in [2.05, 4.69) is 0 Å². The number of nitriles is 1. The lowest BCUT2D eigenvalue weighted by Crippen LogP contribution is -2.29. The van der Waals surface area contributed by atoms with E-state index < -0.39 is 6.10 Å². The van der Waals surface area contributed by atoms with Crippen LogP contribution in [0.2, 0.25) is 0 Å². The minimum Gasteiger partial charge on any atom is -0.391 e. The van der Waals surface area contributed by atoms with E-state index in [4.69, 9.17) is 5.26 Å². The molecule has 74 valence electrons. The third-order valence-electron chi connectivity index (χ3n) is 2.23. The molecule has 0 aliphatic carbocycles. The predicted molar refractivity (Wildman–Crippen MR) is 51.8 cm³/mol. The Bertz CT molecular complexity index is 415. The maximum absolute atomic E-state index is 11.6. The SMILES string of the molecule is CC(O)C(C)n1cccc(C#N)c1=O. The maximum atomic E-state index is 11.6. The van der Waals surface area contributed by atoms with E-state index in [1.807, 2.05) is 6.07 Å². The van der Waals surface area contributed by atoms with Crippen LogP contribution in [0, 0.1) is 11.3 Å². The van der Waals surface area contributed by atoms with Gasteiger partial charge in [0, 0.05) is 6.20 Å². The first-order chi connectivity index (χ1) is 6.57. The quantitative estimate of drug-likeness (QED) is 0.748. The summed E-state index contributed by atoms with van der Waals surface area (Å²) in [6.07, 6.45) is 0.947. The van der Waals surface area contributed by atoms with E-state index in [1.165, 1.54) is 10.6 Å². The highest BCUT2D eigenvalue weighted by Crippen LogP contribution is 2.07. The molecule has 0 radical (unpaired) electrons. The number of pyridine rings is 1. The second-order valence-electron chi connectivity index (χ2n) is 3.23. The maximum Gasteiger partial charge on any atom is 0.268 e. The fourth-order valence-corrected chi connectivity index (χ4v) is 1.15. The fourth-order valence-electron chi connectivity index (χ4n) is 1.15. The van der Waals surface area contributed by atoms with Crippen LogP contribution in [0.4, 0.5) is 0 Å². The molecule has 0 aliphatic heterocycles. The zero-order chi connectivity index (χ0) is 10.7. The summed E-state index contributed by atoms with van der Waals surface area (Å²) in [5, 5.41) is 18.0. The Labute approximate surface area is 82.0 Å². The van der Waals surface area contributed by atoms with E-state index in [-0.39, 0.29) is 17.2 Å². The van der Waals surface area contributed by atoms with E-state index in [0.29, 0.717) is 0 Å². The lowest BCUT2D eigenvalue weighted by Gasteiger charge is -2.17. The lowest BCUT2D eigenvalue weighted by molar-refractivity contribution is 0.137. The second-order valence-corrected chi connectivity index (χ2v) is 3.23. The largest absolute Gasteiger partial charge is 0.391 e. The molecule has 4 heteroatoms. The lowest BCUT2D eigenvalue weighted by atomic mass is 10.2. The van der Waals surface area contributed by atoms with Crippen LogP contribution in [0.3, 0.4) is 0 Å². The Balaban J connectivity index is 3.25. The molecule has 1 N–H and O–H groups in total. The third-order valence-corrected chi connectivity index (χ3v) is 2.23. The topological polar surface area (TPSA) is 66.0 Å². The van der Waals surface area contributed by atoms with Crippen LogP contribution >= 0.6 is 0 Å². The molecule has 1 heterocycles. The van der Waals surface area contributed by atoms with E-state index in [1.54, 1.807) is 26.1 Å². The molecular formula is C10H12N2O2. The summed E-state index contributed by atoms with van der Waals surface area (Å²) in [6.45, 7) is 3.34. The summed E-state index contributed by atoms with van der Waals surface area (Å²) in [5.41, 5.74) is -0.261. The van der Waals surface area contributed by atoms with E-state index >= 15 is 0 Å². The molecule has 0 saturated carbocycles. The van der Waals surface area contributed by atoms with Gasteiger partial charge < -0.3 is 9.67 Å². The van der Waals surface area contributed by atoms with Gasteiger partial charge in [-0.25, -0.2) is 0 Å². The number of hydrogen-bond donors (Lipinski definition) is 1. The molecule has 0 aromatic carbocycles. The van der Waals surface area contributed by atoms with Crippen molar-refractivity contribution in [2.45, 2.75) is 26.0 Å². The van der Waals surface area contributed by atoms with Crippen molar-refractivity contribution in [1.29, 1.82) is 5.26 Å². The van der Waals surface area contributed by atoms with Gasteiger partial charge in [-0.1, -0.05) is 0 Å². The highest BCUT2D eigenvalue weighted by atomic mass is 16.3. The van der Waals surface area contributed by atoms with Crippen molar-refractivity contribution in [2.24, 2.45) is 0 Å². The van der Waals surface area contributed by atoms with Crippen LogP contribution < -0.4 is 5.56 Å². The molecule has 0 aliphatic rings. The summed E-state index contributed by atoms with van der Waals surface area (Å²) in [7, 11) is 0. The Morgan fingerprint density at radius 2 is 2.21 bits per heavy atom. The number of hydrogen-bond acceptors (Lipinski definition) is 3. The minimum absolute atomic E-state index is 0.0972. The summed E-state index contributed by atoms with van der Waals surface area (Å²) in [5.74, 6) is 0. The third kappa shape index (κ3) is 1.83. The average Bonchev–Trinajstić information content (AvgIpc) is 2.17. The predicted octanol–water partition coefficient (Wildman–Crippen LogP) is 0.662. The molecule has 2 unspecified atom stereocenters. The van der Waals surface area contributed by atoms with Gasteiger partial charge in [-0.15, -0.1) is 0 Å². The zero-order valence-corrected chi connectivity index (χ0v) is 8.14. The molecular weight excluding hydrogens is 180 g/mol. The van der Waals surface area contributed by atoms with Gasteiger partial charge in [0.25, 0.3) is 5.56 Å². The molecule has 0 amide bonds. The second kappa shape index (κ2) is 4.07. The zero-order valence-electron chi connectivity index (χ0n) is 8.14. The monoisotopic (exact) mass is 192 g/mol. The summed E-state index contributed by atoms with van der Waals surface area (Å²) in [6, 6.07) is 4.58. The van der Waals surface area contributed by atoms with Crippen LogP contribution in [0.25, 0.3) is 0 Å². The van der Waals surface area contributed by atoms with Gasteiger partial charge in [-0.2, -0.15) is 5.26 Å².